The first kappa shape index (κ1) is 17.9. The van der Waals surface area contributed by atoms with E-state index in [0.717, 1.165) is 36.3 Å². The van der Waals surface area contributed by atoms with Crippen LogP contribution in [0.2, 0.25) is 6.04 Å². The van der Waals surface area contributed by atoms with Crippen LogP contribution in [0.4, 0.5) is 4.79 Å². The summed E-state index contributed by atoms with van der Waals surface area (Å²) in [6, 6.07) is 0.991. The predicted molar refractivity (Wildman–Crippen MR) is 88.9 cm³/mol. The van der Waals surface area contributed by atoms with Crippen molar-refractivity contribution in [1.82, 2.24) is 5.32 Å². The molecule has 0 spiro atoms. The van der Waals surface area contributed by atoms with Crippen LogP contribution in [-0.4, -0.2) is 58.1 Å². The molecule has 114 valence electrons. The number of amides is 1. The normalized spacial score (nSPS) is 19.4. The molecule has 1 heterocycles. The van der Waals surface area contributed by atoms with Crippen molar-refractivity contribution in [2.45, 2.75) is 24.6 Å². The highest BCUT2D eigenvalue weighted by Crippen LogP contribution is 2.25. The van der Waals surface area contributed by atoms with Gasteiger partial charge in [0.05, 0.1) is 0 Å². The lowest BCUT2D eigenvalue weighted by atomic mass is 10.4. The molecule has 7 heteroatoms. The van der Waals surface area contributed by atoms with E-state index >= 15 is 0 Å². The van der Waals surface area contributed by atoms with Crippen molar-refractivity contribution < 1.29 is 14.0 Å². The summed E-state index contributed by atoms with van der Waals surface area (Å²) in [7, 11) is 0.530. The second-order valence-electron chi connectivity index (χ2n) is 4.40. The monoisotopic (exact) mass is 333 g/mol. The molecule has 1 aliphatic heterocycles. The Hall–Kier alpha value is -0.113. The molecule has 1 amide bonds. The van der Waals surface area contributed by atoms with E-state index in [1.807, 2.05) is 30.4 Å². The van der Waals surface area contributed by atoms with Gasteiger partial charge in [-0.05, 0) is 19.4 Å². The number of hydrogen-bond acceptors (Lipinski definition) is 5. The van der Waals surface area contributed by atoms with Crippen LogP contribution in [0.25, 0.3) is 0 Å². The van der Waals surface area contributed by atoms with Gasteiger partial charge in [-0.3, -0.25) is 0 Å². The fourth-order valence-electron chi connectivity index (χ4n) is 1.50. The van der Waals surface area contributed by atoms with Gasteiger partial charge in [0, 0.05) is 35.7 Å². The quantitative estimate of drug-likeness (QED) is 0.420. The first-order valence-corrected chi connectivity index (χ1v) is 10.2. The summed E-state index contributed by atoms with van der Waals surface area (Å²) in [5.74, 6) is 3.02. The van der Waals surface area contributed by atoms with Gasteiger partial charge < -0.3 is 14.5 Å². The maximum atomic E-state index is 11.5. The van der Waals surface area contributed by atoms with E-state index in [-0.39, 0.29) is 6.09 Å². The van der Waals surface area contributed by atoms with Gasteiger partial charge in [-0.2, -0.15) is 11.8 Å². The Balaban J connectivity index is 2.00. The number of carbonyl (C=O) groups is 1. The molecule has 0 aliphatic carbocycles. The lowest BCUT2D eigenvalue weighted by Crippen LogP contribution is -2.28. The molecule has 1 N–H and O–H groups in total. The molecular weight excluding hydrogens is 310 g/mol. The molecule has 1 atom stereocenters. The van der Waals surface area contributed by atoms with Crippen molar-refractivity contribution >= 4 is 39.4 Å². The molecule has 1 saturated heterocycles. The van der Waals surface area contributed by atoms with Crippen LogP contribution in [-0.2, 0) is 9.16 Å². The SMILES string of the molecule is C=C1CSCC(COC(=O)NCCC[Si]OCC)SC1. The van der Waals surface area contributed by atoms with Gasteiger partial charge in [0.25, 0.3) is 0 Å². The number of rotatable bonds is 8. The van der Waals surface area contributed by atoms with Gasteiger partial charge in [0.1, 0.15) is 6.61 Å². The van der Waals surface area contributed by atoms with Crippen molar-refractivity contribution in [3.8, 4) is 0 Å². The Labute approximate surface area is 132 Å². The minimum atomic E-state index is -0.307. The number of nitrogens with one attached hydrogen (secondary N) is 1. The molecular formula is C13H23NO3S2Si. The zero-order valence-corrected chi connectivity index (χ0v) is 14.6. The number of hydrogen-bond donors (Lipinski definition) is 1. The molecule has 0 aromatic rings. The van der Waals surface area contributed by atoms with E-state index < -0.39 is 0 Å². The van der Waals surface area contributed by atoms with Crippen molar-refractivity contribution in [2.75, 3.05) is 37.0 Å². The molecule has 1 unspecified atom stereocenters. The van der Waals surface area contributed by atoms with Crippen molar-refractivity contribution in [2.24, 2.45) is 0 Å². The highest BCUT2D eigenvalue weighted by atomic mass is 32.2. The molecule has 1 aliphatic rings. The summed E-state index contributed by atoms with van der Waals surface area (Å²) >= 11 is 3.70. The Bertz CT molecular complexity index is 305. The summed E-state index contributed by atoms with van der Waals surface area (Å²) in [6.45, 7) is 7.89. The third kappa shape index (κ3) is 8.94. The first-order chi connectivity index (χ1) is 9.72. The smallest absolute Gasteiger partial charge is 0.407 e. The molecule has 0 saturated carbocycles. The van der Waals surface area contributed by atoms with E-state index in [1.54, 1.807) is 0 Å². The van der Waals surface area contributed by atoms with Crippen LogP contribution >= 0.6 is 23.5 Å². The lowest BCUT2D eigenvalue weighted by Gasteiger charge is -2.13. The minimum absolute atomic E-state index is 0.307. The fraction of sp³-hybridized carbons (Fsp3) is 0.769. The van der Waals surface area contributed by atoms with Gasteiger partial charge in [-0.15, -0.1) is 11.8 Å². The average Bonchev–Trinajstić information content (AvgIpc) is 2.65. The molecule has 4 nitrogen and oxygen atoms in total. The van der Waals surface area contributed by atoms with Crippen molar-refractivity contribution in [3.63, 3.8) is 0 Å². The van der Waals surface area contributed by atoms with E-state index in [2.05, 4.69) is 11.9 Å². The molecule has 0 bridgehead atoms. The van der Waals surface area contributed by atoms with Gasteiger partial charge >= 0.3 is 6.09 Å². The Morgan fingerprint density at radius 1 is 1.55 bits per heavy atom. The molecule has 0 aromatic heterocycles. The third-order valence-electron chi connectivity index (χ3n) is 2.50. The van der Waals surface area contributed by atoms with Crippen LogP contribution < -0.4 is 5.32 Å². The average molecular weight is 334 g/mol. The van der Waals surface area contributed by atoms with E-state index in [9.17, 15) is 4.79 Å². The zero-order valence-electron chi connectivity index (χ0n) is 12.0. The summed E-state index contributed by atoms with van der Waals surface area (Å²) < 4.78 is 10.5. The number of thioether (sulfide) groups is 2. The van der Waals surface area contributed by atoms with Crippen LogP contribution in [0.3, 0.4) is 0 Å². The molecule has 0 aromatic carbocycles. The topological polar surface area (TPSA) is 47.6 Å². The molecule has 20 heavy (non-hydrogen) atoms. The summed E-state index contributed by atoms with van der Waals surface area (Å²) in [4.78, 5) is 11.5. The molecule has 1 fully saturated rings. The Morgan fingerprint density at radius 3 is 3.20 bits per heavy atom. The fourth-order valence-corrected chi connectivity index (χ4v) is 4.58. The largest absolute Gasteiger partial charge is 0.448 e. The maximum absolute atomic E-state index is 11.5. The number of alkyl carbamates (subject to hydrolysis) is 1. The highest BCUT2D eigenvalue weighted by molar-refractivity contribution is 8.04. The van der Waals surface area contributed by atoms with E-state index in [1.165, 1.54) is 5.57 Å². The number of ether oxygens (including phenoxy) is 1. The first-order valence-electron chi connectivity index (χ1n) is 6.83. The van der Waals surface area contributed by atoms with Crippen LogP contribution in [0.1, 0.15) is 13.3 Å². The second-order valence-corrected chi connectivity index (χ2v) is 7.80. The molecule has 2 radical (unpaired) electrons. The highest BCUT2D eigenvalue weighted by Gasteiger charge is 2.16. The van der Waals surface area contributed by atoms with E-state index in [4.69, 9.17) is 9.16 Å². The Kier molecular flexibility index (Phi) is 10.3. The van der Waals surface area contributed by atoms with Gasteiger partial charge in [-0.1, -0.05) is 12.2 Å². The molecule has 1 rings (SSSR count). The van der Waals surface area contributed by atoms with Crippen molar-refractivity contribution in [1.29, 1.82) is 0 Å². The lowest BCUT2D eigenvalue weighted by molar-refractivity contribution is 0.148. The van der Waals surface area contributed by atoms with Gasteiger partial charge in [0.2, 0.25) is 9.76 Å². The van der Waals surface area contributed by atoms with Gasteiger partial charge in [0.15, 0.2) is 0 Å². The van der Waals surface area contributed by atoms with Crippen LogP contribution in [0.5, 0.6) is 0 Å². The number of carbonyl (C=O) groups excluding carboxylic acids is 1. The standard InChI is InChI=1S/C13H23NO3S2Si/c1-3-17-20-6-4-5-14-13(15)16-7-12-10-18-8-11(2)9-19-12/h12H,2-10H2,1H3,(H,14,15). The Morgan fingerprint density at radius 2 is 2.40 bits per heavy atom. The van der Waals surface area contributed by atoms with Crippen molar-refractivity contribution in [3.05, 3.63) is 12.2 Å². The maximum Gasteiger partial charge on any atom is 0.407 e. The summed E-state index contributed by atoms with van der Waals surface area (Å²) in [5.41, 5.74) is 1.27. The van der Waals surface area contributed by atoms with Crippen LogP contribution in [0, 0.1) is 0 Å². The predicted octanol–water partition coefficient (Wildman–Crippen LogP) is 2.58. The van der Waals surface area contributed by atoms with Gasteiger partial charge in [-0.25, -0.2) is 4.79 Å². The second kappa shape index (κ2) is 11.5. The van der Waals surface area contributed by atoms with Crippen LogP contribution in [0.15, 0.2) is 12.2 Å². The zero-order chi connectivity index (χ0) is 14.6. The van der Waals surface area contributed by atoms with E-state index in [0.29, 0.717) is 28.2 Å². The minimum Gasteiger partial charge on any atom is -0.448 e. The summed E-state index contributed by atoms with van der Waals surface area (Å²) in [6.07, 6.45) is 0.625. The summed E-state index contributed by atoms with van der Waals surface area (Å²) in [5, 5.41) is 3.16. The third-order valence-corrected chi connectivity index (χ3v) is 6.37.